The summed E-state index contributed by atoms with van der Waals surface area (Å²) in [5.74, 6) is -0.608. The Morgan fingerprint density at radius 2 is 0.937 bits per heavy atom. The molecule has 143 heavy (non-hydrogen) atoms. The second-order valence-corrected chi connectivity index (χ2v) is 35.8. The number of carboxylic acids is 1. The average molecular weight is 2060 g/mol. The monoisotopic (exact) mass is 2060 g/mol. The normalized spacial score (nSPS) is 11.8. The molecular formula is C108H94BrClN5NaO25S2. The Hall–Kier alpha value is -15.4. The van der Waals surface area contributed by atoms with Crippen LogP contribution >= 0.6 is 26.6 Å². The number of fused-ring (bicyclic) bond motifs is 6. The van der Waals surface area contributed by atoms with Gasteiger partial charge in [0.2, 0.25) is 0 Å². The molecule has 0 radical (unpaired) electrons. The van der Waals surface area contributed by atoms with Crippen molar-refractivity contribution in [3.8, 4) is 34.5 Å². The van der Waals surface area contributed by atoms with E-state index in [9.17, 15) is 65.4 Å². The summed E-state index contributed by atoms with van der Waals surface area (Å²) in [4.78, 5) is 121. The Bertz CT molecular complexity index is 7350. The van der Waals surface area contributed by atoms with Gasteiger partial charge in [0.05, 0.1) is 113 Å². The Kier molecular flexibility index (Phi) is 42.3. The minimum atomic E-state index is -3.55. The van der Waals surface area contributed by atoms with Crippen LogP contribution in [0.3, 0.4) is 0 Å². The first-order valence-corrected chi connectivity index (χ1v) is 47.7. The van der Waals surface area contributed by atoms with Gasteiger partial charge in [0, 0.05) is 54.8 Å². The standard InChI is InChI=1S/C31H25NO5.C16H16O3.2C15H11NO3.C8H5NO2.C7H7BrO.C7H7ClO2S.C5H5N.C3H6O3S.CH2O3.Na/c1-19-15-22(30(33)36-18-21-9-5-4-6-10-21)16-20(2)29(19)37-31(34)28-24-11-7-8-12-26(24)32-27-14-13-23(35-3)17-25(27)28;1-11-8-14(9-12(2)15(11)17)16(18)19-10-13-6-4-3-5-7-13;1-19-11-8-6-10(7-9-11)16-13-5-3-2-4-12(13)14(17)15(16)18;1-19-9-6-7-13-11(8-9)14(15(17)18)10-4-2-3-5-12(10)16-13;10-7-5-3-1-2-4-6(5)9-8(7)11;1-9-7-4-2-6(8)3-5-7;1-6-2-4-7(5-3-6)11(8,9)10;1-2-4-6-5-3-1;4-7(5)3-1-2-6-7;2-1-4-3;/h4-17H,18H2,1-3H3;3-9,17H,10H2,1-2H3;2-9H,1H3;2-8H,1H3,(H,17,18);1-4H,(H,9,10,11);2-5H,1H3;2-5H,1H3;1-5H;1-3H2;1,3H;/q;;;;;;;;;;+1/p-1. The van der Waals surface area contributed by atoms with Crippen LogP contribution in [-0.4, -0.2) is 137 Å². The molecule has 3 aromatic heterocycles. The molecule has 2 amide bonds. The maximum Gasteiger partial charge on any atom is 1.00 e. The van der Waals surface area contributed by atoms with Gasteiger partial charge in [-0.25, -0.2) is 37.6 Å². The van der Waals surface area contributed by atoms with E-state index in [1.807, 2.05) is 165 Å². The molecule has 0 aliphatic carbocycles. The number of methoxy groups -OCH3 is 4. The molecule has 728 valence electrons. The summed E-state index contributed by atoms with van der Waals surface area (Å²) in [5.41, 5.74) is 12.5. The largest absolute Gasteiger partial charge is 1.00 e. The zero-order chi connectivity index (χ0) is 103. The van der Waals surface area contributed by atoms with E-state index in [4.69, 9.17) is 58.9 Å². The maximum atomic E-state index is 13.6. The van der Waals surface area contributed by atoms with Crippen LogP contribution in [0.25, 0.3) is 43.6 Å². The van der Waals surface area contributed by atoms with Gasteiger partial charge < -0.3 is 58.8 Å². The molecule has 30 nitrogen and oxygen atoms in total. The number of nitrogens with one attached hydrogen (secondary N) is 1. The van der Waals surface area contributed by atoms with Crippen LogP contribution in [0.1, 0.15) is 108 Å². The second-order valence-electron chi connectivity index (χ2n) is 30.6. The number of ketones is 2. The molecule has 3 N–H and O–H groups in total. The minimum Gasteiger partial charge on any atom is -0.662 e. The number of aryl methyl sites for hydroxylation is 5. The van der Waals surface area contributed by atoms with Gasteiger partial charge in [0.1, 0.15) is 47.7 Å². The van der Waals surface area contributed by atoms with Crippen molar-refractivity contribution in [1.82, 2.24) is 15.0 Å². The van der Waals surface area contributed by atoms with E-state index in [0.29, 0.717) is 147 Å². The summed E-state index contributed by atoms with van der Waals surface area (Å²) in [5, 5.41) is 32.6. The van der Waals surface area contributed by atoms with Crippen LogP contribution in [0, 0.1) is 34.6 Å². The Labute approximate surface area is 859 Å². The Morgan fingerprint density at radius 3 is 1.37 bits per heavy atom. The van der Waals surface area contributed by atoms with Crippen molar-refractivity contribution in [2.45, 2.75) is 59.1 Å². The van der Waals surface area contributed by atoms with Crippen LogP contribution in [0.2, 0.25) is 0 Å². The number of aromatic hydroxyl groups is 1. The van der Waals surface area contributed by atoms with Gasteiger partial charge in [0.15, 0.2) is 0 Å². The van der Waals surface area contributed by atoms with E-state index in [0.717, 1.165) is 26.9 Å². The van der Waals surface area contributed by atoms with Gasteiger partial charge in [-0.2, -0.15) is 8.42 Å². The van der Waals surface area contributed by atoms with Gasteiger partial charge in [-0.1, -0.05) is 161 Å². The second kappa shape index (κ2) is 54.4. The van der Waals surface area contributed by atoms with Crippen LogP contribution in [0.4, 0.5) is 17.1 Å². The summed E-state index contributed by atoms with van der Waals surface area (Å²) >= 11 is 3.32. The smallest absolute Gasteiger partial charge is 0.662 e. The molecule has 0 spiro atoms. The van der Waals surface area contributed by atoms with E-state index >= 15 is 0 Å². The van der Waals surface area contributed by atoms with E-state index in [-0.39, 0.29) is 77.2 Å². The average Bonchev–Trinajstić information content (AvgIpc) is 1.52. The first kappa shape index (κ1) is 111. The molecule has 0 saturated carbocycles. The Balaban J connectivity index is 0.000000188. The van der Waals surface area contributed by atoms with Gasteiger partial charge in [-0.3, -0.25) is 38.0 Å². The van der Waals surface area contributed by atoms with Gasteiger partial charge in [-0.15, -0.1) is 0 Å². The number of carboxylic acid groups (broad SMARTS) is 1. The predicted octanol–water partition coefficient (Wildman–Crippen LogP) is 17.1. The number of esters is 3. The molecule has 0 unspecified atom stereocenters. The third-order valence-electron chi connectivity index (χ3n) is 20.7. The quantitative estimate of drug-likeness (QED) is 0.00772. The number of nitrogens with zero attached hydrogens (tertiary/aromatic N) is 4. The summed E-state index contributed by atoms with van der Waals surface area (Å²) < 4.78 is 84.4. The van der Waals surface area contributed by atoms with Crippen molar-refractivity contribution >= 4 is 160 Å². The number of carbonyl (C=O) groups is 9. The topological polar surface area (TPSA) is 422 Å². The van der Waals surface area contributed by atoms with Crippen molar-refractivity contribution in [3.63, 3.8) is 0 Å². The van der Waals surface area contributed by atoms with Gasteiger partial charge in [0.25, 0.3) is 43.1 Å². The molecule has 0 atom stereocenters. The number of Topliss-reactive ketones (excluding diaryl/α,β-unsaturated/α-hetero) is 2. The number of benzene rings is 13. The number of halogens is 2. The molecule has 13 aromatic carbocycles. The number of aromatic carboxylic acids is 1. The molecule has 35 heteroatoms. The van der Waals surface area contributed by atoms with Gasteiger partial charge in [-0.05, 0) is 244 Å². The number of pyridine rings is 3. The molecule has 6 heterocycles. The summed E-state index contributed by atoms with van der Waals surface area (Å²) in [7, 11) is 4.85. The predicted molar refractivity (Wildman–Crippen MR) is 539 cm³/mol. The number of aromatic nitrogens is 3. The number of ether oxygens (including phenoxy) is 7. The summed E-state index contributed by atoms with van der Waals surface area (Å²) in [6.45, 7) is 9.63. The zero-order valence-corrected chi connectivity index (χ0v) is 84.8. The Morgan fingerprint density at radius 1 is 0.510 bits per heavy atom. The van der Waals surface area contributed by atoms with Crippen LogP contribution in [0.5, 0.6) is 34.5 Å². The molecule has 3 aliphatic heterocycles. The van der Waals surface area contributed by atoms with Crippen LogP contribution in [-0.2, 0) is 65.3 Å². The molecule has 0 bridgehead atoms. The summed E-state index contributed by atoms with van der Waals surface area (Å²) in [6.07, 6.45) is 4.16. The van der Waals surface area contributed by atoms with Crippen molar-refractivity contribution in [1.29, 1.82) is 0 Å². The number of hydrogen-bond acceptors (Lipinski definition) is 27. The van der Waals surface area contributed by atoms with Crippen LogP contribution < -0.4 is 68.7 Å². The van der Waals surface area contributed by atoms with Crippen molar-refractivity contribution in [2.75, 3.05) is 51.0 Å². The first-order chi connectivity index (χ1) is 68.2. The number of rotatable bonds is 16. The van der Waals surface area contributed by atoms with E-state index in [1.54, 1.807) is 208 Å². The van der Waals surface area contributed by atoms with Gasteiger partial charge >= 0.3 is 59.3 Å². The molecule has 16 aromatic rings. The fraction of sp³-hybridized carbons (Fsp3) is 0.130. The van der Waals surface area contributed by atoms with Crippen molar-refractivity contribution in [3.05, 3.63) is 399 Å². The number of phenols is 1. The number of hydrogen-bond donors (Lipinski definition) is 3. The van der Waals surface area contributed by atoms with Crippen LogP contribution in [0.15, 0.2) is 331 Å². The molecule has 1 fully saturated rings. The minimum absolute atomic E-state index is 0. The number of para-hydroxylation sites is 4. The fourth-order valence-corrected chi connectivity index (χ4v) is 15.8. The van der Waals surface area contributed by atoms with Crippen molar-refractivity contribution < 1.29 is 147 Å². The molecule has 3 aliphatic rings. The number of carbonyl (C=O) groups excluding carboxylic acids is 8. The molecule has 19 rings (SSSR count). The fourth-order valence-electron chi connectivity index (χ4n) is 13.8. The third kappa shape index (κ3) is 31.8. The first-order valence-electron chi connectivity index (χ1n) is 43.0. The maximum absolute atomic E-state index is 13.6. The molecular weight excluding hydrogens is 1970 g/mol. The number of anilines is 3. The SMILES string of the molecule is COc1ccc(Br)cc1.COc1ccc(N2C(=O)C(=O)c3ccccc32)cc1.COc1ccc2nc3ccccc3c(C(=O)O)c2c1.COc1ccc2nc3ccccc3c(C(=O)Oc3c(C)cc(C(=O)OCc4ccccc4)cc3C)c2c1.Cc1cc(C(=O)OCc2ccccc2)cc(C)c1O.Cc1ccc(S(=O)(=O)Cl)cc1.O=C1Nc2ccccc2C1=O.O=CO[O-].O=S1(=O)CCCO1.[Na+].c1ccncc1. The zero-order valence-electron chi connectivity index (χ0n) is 78.9. The number of amides is 2. The summed E-state index contributed by atoms with van der Waals surface area (Å²) in [6, 6.07) is 91.6. The number of phenolic OH excluding ortho intramolecular Hbond substituents is 1. The van der Waals surface area contributed by atoms with E-state index in [2.05, 4.69) is 40.3 Å². The van der Waals surface area contributed by atoms with E-state index in [1.165, 1.54) is 17.0 Å². The molecule has 1 saturated heterocycles. The van der Waals surface area contributed by atoms with E-state index < -0.39 is 60.5 Å². The van der Waals surface area contributed by atoms with Crippen molar-refractivity contribution in [2.24, 2.45) is 0 Å². The third-order valence-corrected chi connectivity index (χ3v) is 24.0.